The monoisotopic (exact) mass is 348 g/mol. The summed E-state index contributed by atoms with van der Waals surface area (Å²) in [6.07, 6.45) is 4.19. The van der Waals surface area contributed by atoms with Gasteiger partial charge in [0.1, 0.15) is 0 Å². The van der Waals surface area contributed by atoms with Crippen molar-refractivity contribution in [3.05, 3.63) is 35.4 Å². The van der Waals surface area contributed by atoms with E-state index in [2.05, 4.69) is 10.6 Å². The number of carbonyl (C=O) groups is 1. The van der Waals surface area contributed by atoms with E-state index >= 15 is 0 Å². The molecule has 0 aliphatic carbocycles. The maximum absolute atomic E-state index is 12.2. The number of urea groups is 1. The number of nitrogens with one attached hydrogen (secondary N) is 2. The SMILES string of the molecule is O=C(NCc1ccc(CCO)cc1)NC1CCOC2(CCOCC2)C1. The lowest BCUT2D eigenvalue weighted by Gasteiger charge is -2.43. The Bertz CT molecular complexity index is 550. The van der Waals surface area contributed by atoms with Crippen LogP contribution in [0.5, 0.6) is 0 Å². The minimum atomic E-state index is -0.131. The summed E-state index contributed by atoms with van der Waals surface area (Å²) in [6.45, 7) is 2.82. The second kappa shape index (κ2) is 8.65. The molecule has 0 saturated carbocycles. The molecule has 0 aromatic heterocycles. The average molecular weight is 348 g/mol. The van der Waals surface area contributed by atoms with Crippen LogP contribution in [0.1, 0.15) is 36.8 Å². The van der Waals surface area contributed by atoms with Gasteiger partial charge in [0.05, 0.1) is 5.60 Å². The number of hydrogen-bond acceptors (Lipinski definition) is 4. The molecule has 1 aromatic carbocycles. The first-order chi connectivity index (χ1) is 12.2. The van der Waals surface area contributed by atoms with Crippen LogP contribution in [0.25, 0.3) is 0 Å². The number of amides is 2. The van der Waals surface area contributed by atoms with Crippen LogP contribution in [0.3, 0.4) is 0 Å². The van der Waals surface area contributed by atoms with E-state index < -0.39 is 0 Å². The molecule has 25 heavy (non-hydrogen) atoms. The summed E-state index contributed by atoms with van der Waals surface area (Å²) in [5.41, 5.74) is 2.03. The first-order valence-corrected chi connectivity index (χ1v) is 9.14. The van der Waals surface area contributed by atoms with Crippen molar-refractivity contribution in [1.29, 1.82) is 0 Å². The van der Waals surface area contributed by atoms with Crippen LogP contribution < -0.4 is 10.6 Å². The number of aliphatic hydroxyl groups excluding tert-OH is 1. The van der Waals surface area contributed by atoms with Gasteiger partial charge in [-0.3, -0.25) is 0 Å². The third-order valence-electron chi connectivity index (χ3n) is 5.11. The molecule has 2 amide bonds. The lowest BCUT2D eigenvalue weighted by Crippen LogP contribution is -2.52. The summed E-state index contributed by atoms with van der Waals surface area (Å²) in [6, 6.07) is 7.96. The Morgan fingerprint density at radius 2 is 1.88 bits per heavy atom. The largest absolute Gasteiger partial charge is 0.396 e. The Morgan fingerprint density at radius 1 is 1.16 bits per heavy atom. The predicted molar refractivity (Wildman–Crippen MR) is 94.4 cm³/mol. The van der Waals surface area contributed by atoms with E-state index in [9.17, 15) is 4.79 Å². The van der Waals surface area contributed by atoms with Crippen LogP contribution in [0.4, 0.5) is 4.79 Å². The summed E-state index contributed by atoms with van der Waals surface area (Å²) >= 11 is 0. The highest BCUT2D eigenvalue weighted by atomic mass is 16.5. The number of benzene rings is 1. The number of hydrogen-bond donors (Lipinski definition) is 3. The first kappa shape index (κ1) is 18.2. The maximum Gasteiger partial charge on any atom is 0.315 e. The second-order valence-electron chi connectivity index (χ2n) is 6.95. The van der Waals surface area contributed by atoms with Gasteiger partial charge in [0.15, 0.2) is 0 Å². The van der Waals surface area contributed by atoms with Gasteiger partial charge in [-0.05, 0) is 43.2 Å². The number of aliphatic hydroxyl groups is 1. The lowest BCUT2D eigenvalue weighted by molar-refractivity contribution is -0.139. The highest BCUT2D eigenvalue weighted by Gasteiger charge is 2.39. The van der Waals surface area contributed by atoms with Crippen LogP contribution in [0.15, 0.2) is 24.3 Å². The Labute approximate surface area is 148 Å². The van der Waals surface area contributed by atoms with E-state index in [1.165, 1.54) is 0 Å². The zero-order valence-electron chi connectivity index (χ0n) is 14.6. The van der Waals surface area contributed by atoms with Crippen LogP contribution in [0.2, 0.25) is 0 Å². The smallest absolute Gasteiger partial charge is 0.315 e. The Balaban J connectivity index is 1.44. The van der Waals surface area contributed by atoms with Gasteiger partial charge in [-0.1, -0.05) is 24.3 Å². The summed E-state index contributed by atoms with van der Waals surface area (Å²) in [5, 5.41) is 14.9. The zero-order valence-corrected chi connectivity index (χ0v) is 14.6. The molecule has 1 spiro atoms. The maximum atomic E-state index is 12.2. The quantitative estimate of drug-likeness (QED) is 0.757. The molecule has 1 aromatic rings. The summed E-state index contributed by atoms with van der Waals surface area (Å²) in [7, 11) is 0. The van der Waals surface area contributed by atoms with E-state index in [4.69, 9.17) is 14.6 Å². The van der Waals surface area contributed by atoms with E-state index in [1.807, 2.05) is 24.3 Å². The van der Waals surface area contributed by atoms with Gasteiger partial charge in [-0.15, -0.1) is 0 Å². The van der Waals surface area contributed by atoms with Crippen molar-refractivity contribution in [1.82, 2.24) is 10.6 Å². The van der Waals surface area contributed by atoms with Gasteiger partial charge in [-0.25, -0.2) is 4.79 Å². The molecule has 3 N–H and O–H groups in total. The summed E-state index contributed by atoms with van der Waals surface area (Å²) in [4.78, 5) is 12.2. The molecule has 2 aliphatic heterocycles. The van der Waals surface area contributed by atoms with Crippen LogP contribution >= 0.6 is 0 Å². The van der Waals surface area contributed by atoms with Gasteiger partial charge < -0.3 is 25.2 Å². The molecule has 0 radical (unpaired) electrons. The standard InChI is InChI=1S/C19H28N2O4/c22-9-5-15-1-3-16(4-2-15)14-20-18(23)21-17-6-10-25-19(13-17)7-11-24-12-8-19/h1-4,17,22H,5-14H2,(H2,20,21,23). The molecule has 1 atom stereocenters. The minimum absolute atomic E-state index is 0.114. The van der Waals surface area contributed by atoms with Crippen LogP contribution in [-0.4, -0.2) is 49.2 Å². The summed E-state index contributed by atoms with van der Waals surface area (Å²) in [5.74, 6) is 0. The van der Waals surface area contributed by atoms with E-state index in [-0.39, 0.29) is 24.3 Å². The van der Waals surface area contributed by atoms with Crippen molar-refractivity contribution < 1.29 is 19.4 Å². The third-order valence-corrected chi connectivity index (χ3v) is 5.11. The average Bonchev–Trinajstić information content (AvgIpc) is 2.62. The molecule has 6 heteroatoms. The van der Waals surface area contributed by atoms with Crippen LogP contribution in [-0.2, 0) is 22.4 Å². The van der Waals surface area contributed by atoms with Gasteiger partial charge in [0.2, 0.25) is 0 Å². The Hall–Kier alpha value is -1.63. The molecule has 2 heterocycles. The molecular formula is C19H28N2O4. The van der Waals surface area contributed by atoms with Crippen LogP contribution in [0, 0.1) is 0 Å². The van der Waals surface area contributed by atoms with E-state index in [0.717, 1.165) is 50.0 Å². The molecule has 2 saturated heterocycles. The van der Waals surface area contributed by atoms with Crippen molar-refractivity contribution in [2.45, 2.75) is 50.3 Å². The molecule has 138 valence electrons. The predicted octanol–water partition coefficient (Wildman–Crippen LogP) is 1.75. The highest BCUT2D eigenvalue weighted by Crippen LogP contribution is 2.34. The summed E-state index contributed by atoms with van der Waals surface area (Å²) < 4.78 is 11.4. The lowest BCUT2D eigenvalue weighted by atomic mass is 9.84. The van der Waals surface area contributed by atoms with Crippen molar-refractivity contribution in [2.24, 2.45) is 0 Å². The minimum Gasteiger partial charge on any atom is -0.396 e. The molecule has 3 rings (SSSR count). The highest BCUT2D eigenvalue weighted by molar-refractivity contribution is 5.74. The van der Waals surface area contributed by atoms with Crippen molar-refractivity contribution in [3.63, 3.8) is 0 Å². The van der Waals surface area contributed by atoms with Gasteiger partial charge in [0, 0.05) is 39.0 Å². The number of ether oxygens (including phenoxy) is 2. The van der Waals surface area contributed by atoms with E-state index in [1.54, 1.807) is 0 Å². The third kappa shape index (κ3) is 5.17. The van der Waals surface area contributed by atoms with E-state index in [0.29, 0.717) is 19.6 Å². The topological polar surface area (TPSA) is 79.8 Å². The van der Waals surface area contributed by atoms with Gasteiger partial charge in [-0.2, -0.15) is 0 Å². The Kier molecular flexibility index (Phi) is 6.29. The first-order valence-electron chi connectivity index (χ1n) is 9.14. The number of carbonyl (C=O) groups excluding carboxylic acids is 1. The fourth-order valence-corrected chi connectivity index (χ4v) is 3.61. The zero-order chi connectivity index (χ0) is 17.5. The van der Waals surface area contributed by atoms with Gasteiger partial charge in [0.25, 0.3) is 0 Å². The molecule has 0 bridgehead atoms. The number of rotatable bonds is 5. The van der Waals surface area contributed by atoms with Crippen molar-refractivity contribution in [3.8, 4) is 0 Å². The molecule has 6 nitrogen and oxygen atoms in total. The van der Waals surface area contributed by atoms with Crippen molar-refractivity contribution >= 4 is 6.03 Å². The molecule has 2 fully saturated rings. The normalized spacial score (nSPS) is 22.5. The fraction of sp³-hybridized carbons (Fsp3) is 0.632. The molecule has 1 unspecified atom stereocenters. The Morgan fingerprint density at radius 3 is 2.60 bits per heavy atom. The van der Waals surface area contributed by atoms with Crippen molar-refractivity contribution in [2.75, 3.05) is 26.4 Å². The second-order valence-corrected chi connectivity index (χ2v) is 6.95. The van der Waals surface area contributed by atoms with Gasteiger partial charge >= 0.3 is 6.03 Å². The molecular weight excluding hydrogens is 320 g/mol. The fourth-order valence-electron chi connectivity index (χ4n) is 3.61. The molecule has 2 aliphatic rings.